The van der Waals surface area contributed by atoms with E-state index in [2.05, 4.69) is 6.07 Å². The summed E-state index contributed by atoms with van der Waals surface area (Å²) in [5.41, 5.74) is 1.24. The van der Waals surface area contributed by atoms with Gasteiger partial charge in [0, 0.05) is 5.02 Å². The van der Waals surface area contributed by atoms with Crippen molar-refractivity contribution in [3.8, 4) is 17.6 Å². The summed E-state index contributed by atoms with van der Waals surface area (Å²) in [5, 5.41) is 10.2. The Balaban J connectivity index is 2.19. The molecule has 0 amide bonds. The topological polar surface area (TPSA) is 42.2 Å². The second-order valence-corrected chi connectivity index (χ2v) is 5.38. The lowest BCUT2D eigenvalue weighted by atomic mass is 10.1. The van der Waals surface area contributed by atoms with E-state index < -0.39 is 0 Å². The molecular formula is C15H10Cl3NO2. The quantitative estimate of drug-likeness (QED) is 0.775. The zero-order valence-electron chi connectivity index (χ0n) is 11.0. The molecule has 0 bridgehead atoms. The van der Waals surface area contributed by atoms with Crippen molar-refractivity contribution in [1.29, 1.82) is 5.26 Å². The van der Waals surface area contributed by atoms with Crippen molar-refractivity contribution >= 4 is 34.8 Å². The maximum absolute atomic E-state index is 9.05. The van der Waals surface area contributed by atoms with Gasteiger partial charge in [-0.05, 0) is 29.8 Å². The van der Waals surface area contributed by atoms with Crippen LogP contribution >= 0.6 is 34.8 Å². The lowest BCUT2D eigenvalue weighted by Crippen LogP contribution is -1.98. The summed E-state index contributed by atoms with van der Waals surface area (Å²) in [5.74, 6) is 0.876. The van der Waals surface area contributed by atoms with Gasteiger partial charge in [0.1, 0.15) is 18.4 Å². The largest absolute Gasteiger partial charge is 0.495 e. The highest BCUT2D eigenvalue weighted by Gasteiger charge is 2.10. The van der Waals surface area contributed by atoms with Gasteiger partial charge in [0.2, 0.25) is 0 Å². The van der Waals surface area contributed by atoms with Crippen LogP contribution in [0.25, 0.3) is 0 Å². The predicted molar refractivity (Wildman–Crippen MR) is 83.5 cm³/mol. The van der Waals surface area contributed by atoms with Gasteiger partial charge in [-0.3, -0.25) is 0 Å². The molecule has 0 unspecified atom stereocenters. The van der Waals surface area contributed by atoms with Crippen molar-refractivity contribution in [2.24, 2.45) is 0 Å². The number of hydrogen-bond donors (Lipinski definition) is 0. The van der Waals surface area contributed by atoms with E-state index in [1.54, 1.807) is 30.3 Å². The van der Waals surface area contributed by atoms with Crippen molar-refractivity contribution < 1.29 is 9.47 Å². The molecule has 3 nitrogen and oxygen atoms in total. The highest BCUT2D eigenvalue weighted by atomic mass is 35.5. The Labute approximate surface area is 137 Å². The minimum atomic E-state index is 0.222. The maximum Gasteiger partial charge on any atom is 0.157 e. The van der Waals surface area contributed by atoms with E-state index in [0.717, 1.165) is 5.56 Å². The van der Waals surface area contributed by atoms with E-state index >= 15 is 0 Å². The summed E-state index contributed by atoms with van der Waals surface area (Å²) < 4.78 is 10.7. The Hall–Kier alpha value is -1.60. The number of nitriles is 1. The molecular weight excluding hydrogens is 333 g/mol. The first-order valence-corrected chi connectivity index (χ1v) is 7.03. The van der Waals surface area contributed by atoms with Crippen LogP contribution in [0.15, 0.2) is 30.3 Å². The molecule has 0 heterocycles. The number of ether oxygens (including phenoxy) is 2. The fraction of sp³-hybridized carbons (Fsp3) is 0.133. The smallest absolute Gasteiger partial charge is 0.157 e. The molecule has 0 N–H and O–H groups in total. The number of methoxy groups -OCH3 is 1. The van der Waals surface area contributed by atoms with Crippen LogP contribution in [-0.4, -0.2) is 7.11 Å². The van der Waals surface area contributed by atoms with Crippen molar-refractivity contribution in [2.75, 3.05) is 7.11 Å². The fourth-order valence-electron chi connectivity index (χ4n) is 1.75. The highest BCUT2D eigenvalue weighted by molar-refractivity contribution is 6.40. The van der Waals surface area contributed by atoms with E-state index in [1.807, 2.05) is 0 Å². The zero-order chi connectivity index (χ0) is 15.4. The van der Waals surface area contributed by atoms with Gasteiger partial charge in [-0.1, -0.05) is 40.9 Å². The van der Waals surface area contributed by atoms with Crippen LogP contribution in [0, 0.1) is 11.3 Å². The molecule has 0 atom stereocenters. The first-order chi connectivity index (χ1) is 10.0. The molecule has 6 heteroatoms. The van der Waals surface area contributed by atoms with Crippen molar-refractivity contribution in [1.82, 2.24) is 0 Å². The van der Waals surface area contributed by atoms with Crippen LogP contribution in [0.2, 0.25) is 15.1 Å². The van der Waals surface area contributed by atoms with Gasteiger partial charge in [0.05, 0.1) is 22.7 Å². The first kappa shape index (κ1) is 15.8. The SMILES string of the molecule is COc1ccc(COc2c(Cl)cc(Cl)cc2Cl)cc1C#N. The molecule has 2 aromatic rings. The molecule has 0 aliphatic carbocycles. The summed E-state index contributed by atoms with van der Waals surface area (Å²) in [6, 6.07) is 10.4. The van der Waals surface area contributed by atoms with Crippen LogP contribution in [0.5, 0.6) is 11.5 Å². The molecule has 108 valence electrons. The maximum atomic E-state index is 9.05. The van der Waals surface area contributed by atoms with E-state index in [1.165, 1.54) is 7.11 Å². The summed E-state index contributed by atoms with van der Waals surface area (Å²) in [6.45, 7) is 0.222. The minimum absolute atomic E-state index is 0.222. The van der Waals surface area contributed by atoms with E-state index in [4.69, 9.17) is 49.5 Å². The van der Waals surface area contributed by atoms with Crippen LogP contribution in [0.4, 0.5) is 0 Å². The molecule has 0 aromatic heterocycles. The third-order valence-electron chi connectivity index (χ3n) is 2.73. The van der Waals surface area contributed by atoms with Crippen molar-refractivity contribution in [3.63, 3.8) is 0 Å². The number of nitrogens with zero attached hydrogens (tertiary/aromatic N) is 1. The van der Waals surface area contributed by atoms with Crippen LogP contribution in [0.3, 0.4) is 0 Å². The van der Waals surface area contributed by atoms with Gasteiger partial charge in [-0.2, -0.15) is 5.26 Å². The number of benzene rings is 2. The Bertz CT molecular complexity index is 688. The fourth-order valence-corrected chi connectivity index (χ4v) is 2.68. The Morgan fingerprint density at radius 1 is 1.10 bits per heavy atom. The first-order valence-electron chi connectivity index (χ1n) is 5.89. The lowest BCUT2D eigenvalue weighted by Gasteiger charge is -2.11. The number of hydrogen-bond acceptors (Lipinski definition) is 3. The standard InChI is InChI=1S/C15H10Cl3NO2/c1-20-14-3-2-9(4-10(14)7-19)8-21-15-12(17)5-11(16)6-13(15)18/h2-6H,8H2,1H3. The predicted octanol–water partition coefficient (Wildman–Crippen LogP) is 5.11. The van der Waals surface area contributed by atoms with Gasteiger partial charge in [-0.25, -0.2) is 0 Å². The molecule has 2 rings (SSSR count). The normalized spacial score (nSPS) is 10.0. The summed E-state index contributed by atoms with van der Waals surface area (Å²) in [4.78, 5) is 0. The summed E-state index contributed by atoms with van der Waals surface area (Å²) in [6.07, 6.45) is 0. The van der Waals surface area contributed by atoms with Crippen LogP contribution in [0.1, 0.15) is 11.1 Å². The van der Waals surface area contributed by atoms with Crippen molar-refractivity contribution in [3.05, 3.63) is 56.5 Å². The monoisotopic (exact) mass is 341 g/mol. The summed E-state index contributed by atoms with van der Waals surface area (Å²) in [7, 11) is 1.51. The summed E-state index contributed by atoms with van der Waals surface area (Å²) >= 11 is 17.9. The van der Waals surface area contributed by atoms with E-state index in [9.17, 15) is 0 Å². The number of rotatable bonds is 4. The van der Waals surface area contributed by atoms with Crippen LogP contribution in [-0.2, 0) is 6.61 Å². The molecule has 0 aliphatic rings. The molecule has 21 heavy (non-hydrogen) atoms. The minimum Gasteiger partial charge on any atom is -0.495 e. The third-order valence-corrected chi connectivity index (χ3v) is 3.51. The highest BCUT2D eigenvalue weighted by Crippen LogP contribution is 2.36. The molecule has 0 fully saturated rings. The number of halogens is 3. The Morgan fingerprint density at radius 3 is 2.33 bits per heavy atom. The zero-order valence-corrected chi connectivity index (χ0v) is 13.3. The van der Waals surface area contributed by atoms with Gasteiger partial charge in [0.25, 0.3) is 0 Å². The Kier molecular flexibility index (Phi) is 5.19. The third kappa shape index (κ3) is 3.74. The molecule has 0 saturated heterocycles. The second-order valence-electron chi connectivity index (χ2n) is 4.13. The molecule has 0 aliphatic heterocycles. The average Bonchev–Trinajstić information content (AvgIpc) is 2.45. The molecule has 2 aromatic carbocycles. The van der Waals surface area contributed by atoms with Gasteiger partial charge < -0.3 is 9.47 Å². The van der Waals surface area contributed by atoms with Gasteiger partial charge in [-0.15, -0.1) is 0 Å². The van der Waals surface area contributed by atoms with Crippen LogP contribution < -0.4 is 9.47 Å². The average molecular weight is 343 g/mol. The Morgan fingerprint density at radius 2 is 1.76 bits per heavy atom. The van der Waals surface area contributed by atoms with Crippen molar-refractivity contribution in [2.45, 2.75) is 6.61 Å². The molecule has 0 spiro atoms. The lowest BCUT2D eigenvalue weighted by molar-refractivity contribution is 0.306. The second kappa shape index (κ2) is 6.91. The molecule has 0 radical (unpaired) electrons. The molecule has 0 saturated carbocycles. The van der Waals surface area contributed by atoms with Gasteiger partial charge in [0.15, 0.2) is 5.75 Å². The van der Waals surface area contributed by atoms with E-state index in [-0.39, 0.29) is 6.61 Å². The van der Waals surface area contributed by atoms with Gasteiger partial charge >= 0.3 is 0 Å². The van der Waals surface area contributed by atoms with E-state index in [0.29, 0.717) is 32.1 Å².